The molecule has 6 radical (unpaired) electrons. The van der Waals surface area contributed by atoms with Crippen LogP contribution in [-0.4, -0.2) is 183 Å². The van der Waals surface area contributed by atoms with Gasteiger partial charge in [0.05, 0.1) is 75.2 Å². The van der Waals surface area contributed by atoms with E-state index < -0.39 is 153 Å². The van der Waals surface area contributed by atoms with E-state index in [1.165, 1.54) is 62.0 Å². The zero-order chi connectivity index (χ0) is 63.7. The molecule has 8 aromatic heterocycles. The highest BCUT2D eigenvalue weighted by Gasteiger charge is 2.57. The summed E-state index contributed by atoms with van der Waals surface area (Å²) >= 11 is 5.22. The molecule has 2 saturated carbocycles. The molecular formula is C46H47B3F4N18O14P4S. The van der Waals surface area contributed by atoms with Crippen LogP contribution in [0.25, 0.3) is 44.7 Å². The minimum Gasteiger partial charge on any atom is -0.397 e. The second-order valence-corrected chi connectivity index (χ2v) is 28.8. The molecule has 6 fully saturated rings. The largest absolute Gasteiger partial charge is 0.397 e. The highest BCUT2D eigenvalue weighted by atomic mass is 32.5. The van der Waals surface area contributed by atoms with Gasteiger partial charge in [-0.15, -0.1) is 0 Å². The monoisotopic (exact) mass is 1340 g/mol. The fourth-order valence-electron chi connectivity index (χ4n) is 11.7. The van der Waals surface area contributed by atoms with E-state index in [9.17, 15) is 18.6 Å². The summed E-state index contributed by atoms with van der Waals surface area (Å²) in [6.07, 6.45) is -9.71. The molecule has 6 aliphatic rings. The van der Waals surface area contributed by atoms with Gasteiger partial charge in [-0.3, -0.25) is 22.8 Å². The summed E-state index contributed by atoms with van der Waals surface area (Å²) in [5.41, 5.74) is 26.5. The number of hydrogen-bond donors (Lipinski definition) is 5. The van der Waals surface area contributed by atoms with E-state index in [0.717, 1.165) is 12.7 Å². The van der Waals surface area contributed by atoms with Crippen LogP contribution in [0.1, 0.15) is 24.5 Å². The lowest BCUT2D eigenvalue weighted by atomic mass is 10.0. The molecule has 8 unspecified atom stereocenters. The lowest BCUT2D eigenvalue weighted by molar-refractivity contribution is -0.0470. The summed E-state index contributed by atoms with van der Waals surface area (Å²) in [4.78, 5) is 52.1. The van der Waals surface area contributed by atoms with Crippen molar-refractivity contribution in [2.45, 2.75) is 85.8 Å². The van der Waals surface area contributed by atoms with Gasteiger partial charge in [-0.25, -0.2) is 67.4 Å². The summed E-state index contributed by atoms with van der Waals surface area (Å²) in [7, 11) is 4.01. The topological polar surface area (TPSA) is 416 Å². The summed E-state index contributed by atoms with van der Waals surface area (Å²) in [5, 5.41) is 0. The lowest BCUT2D eigenvalue weighted by Gasteiger charge is -2.30. The zero-order valence-corrected chi connectivity index (χ0v) is 50.4. The van der Waals surface area contributed by atoms with Crippen LogP contribution < -0.4 is 22.9 Å². The first-order valence-electron chi connectivity index (χ1n) is 26.8. The van der Waals surface area contributed by atoms with Gasteiger partial charge in [0.2, 0.25) is 22.7 Å². The fourth-order valence-corrected chi connectivity index (χ4v) is 16.2. The van der Waals surface area contributed by atoms with Crippen LogP contribution in [0.5, 0.6) is 0 Å². The Morgan fingerprint density at radius 1 is 0.500 bits per heavy atom. The number of ether oxygens (including phenoxy) is 2. The van der Waals surface area contributed by atoms with E-state index in [4.69, 9.17) is 103 Å². The van der Waals surface area contributed by atoms with Crippen molar-refractivity contribution in [1.82, 2.24) is 68.1 Å². The number of nitrogens with zero attached hydrogens (tertiary/aromatic N) is 14. The van der Waals surface area contributed by atoms with Gasteiger partial charge in [0.15, 0.2) is 71.4 Å². The number of imidazole rings is 4. The van der Waals surface area contributed by atoms with Crippen LogP contribution in [0.4, 0.5) is 40.6 Å². The number of pyridine rings is 2. The van der Waals surface area contributed by atoms with Crippen molar-refractivity contribution in [1.29, 1.82) is 0 Å². The molecule has 14 rings (SSSR count). The third kappa shape index (κ3) is 11.3. The molecular weight excluding hydrogens is 1290 g/mol. The van der Waals surface area contributed by atoms with Crippen LogP contribution >= 0.6 is 29.1 Å². The number of alkyl halides is 4. The number of anilines is 4. The van der Waals surface area contributed by atoms with Crippen molar-refractivity contribution in [2.75, 3.05) is 49.4 Å². The van der Waals surface area contributed by atoms with Crippen molar-refractivity contribution < 1.29 is 81.8 Å². The first-order chi connectivity index (χ1) is 42.7. The van der Waals surface area contributed by atoms with Crippen molar-refractivity contribution in [3.63, 3.8) is 0 Å². The molecule has 32 nitrogen and oxygen atoms in total. The normalized spacial score (nSPS) is 37.7. The molecule has 12 heterocycles. The molecule has 0 aromatic carbocycles. The van der Waals surface area contributed by atoms with E-state index in [1.54, 1.807) is 6.07 Å². The Morgan fingerprint density at radius 3 is 1.31 bits per heavy atom. The van der Waals surface area contributed by atoms with E-state index in [2.05, 4.69) is 63.0 Å². The lowest BCUT2D eigenvalue weighted by Crippen LogP contribution is -2.36. The molecule has 8 aromatic rings. The maximum atomic E-state index is 16.3. The average Bonchev–Trinajstić information content (AvgIpc) is 1.64. The van der Waals surface area contributed by atoms with Gasteiger partial charge in [-0.1, -0.05) is 13.2 Å². The number of aromatic nitrogens is 14. The standard InChI is InChI=1S/C23H23B2F2N9O7P2.C23H24BF2N9O7P2S/c1-9-10-4-39-44(24,37)43-19-12(41-23(14(19)27)36-8-34-16-20(29)31-6-32-22(16)36)5-40-45(25,38)42-18(10)13(26)17(9)35-7-33-15-11(28)2-3-30-21(15)35;1-9-10-4-38-43(24,36)41-19-12(40-23(14(19)26)35-8-33-16-20(28)30-6-31-22(16)35)5-39-44(37,45)42-18(10)13(25)17(9)34-7-32-15-11(27)2-3-29-21(15)34/h2-3,6-8,10,12-14,17-19,23H,1,4-5H2,(H2,28,30)(H2,29,31,32);2-3,6-8,10,12-14,17-19,23H,1,4-5H2,(H2,27,29)(H,37,45)(H2,28,30,31)/t10-,12+,13+,14?,17+,18?,19-,23+,44?,45?;10-,12+,13+,14?,17+,18?,19-,23+,43?,44?/m00/s1. The van der Waals surface area contributed by atoms with Crippen molar-refractivity contribution >= 4 is 131 Å². The minimum absolute atomic E-state index is 0.0430. The van der Waals surface area contributed by atoms with Gasteiger partial charge in [0.25, 0.3) is 22.4 Å². The number of rotatable bonds is 4. The maximum Gasteiger partial charge on any atom is 0.325 e. The molecule has 2 aliphatic carbocycles. The minimum atomic E-state index is -4.57. The molecule has 44 heteroatoms. The third-order valence-corrected chi connectivity index (χ3v) is 20.6. The number of halogens is 4. The van der Waals surface area contributed by atoms with Gasteiger partial charge < -0.3 is 82.6 Å². The summed E-state index contributed by atoms with van der Waals surface area (Å²) in [6, 6.07) is 0.769. The van der Waals surface area contributed by atoms with Gasteiger partial charge in [-0.2, -0.15) is 0 Å². The fraction of sp³-hybridized carbons (Fsp3) is 0.435. The highest BCUT2D eigenvalue weighted by molar-refractivity contribution is 8.07. The van der Waals surface area contributed by atoms with E-state index in [0.29, 0.717) is 22.4 Å². The highest BCUT2D eigenvalue weighted by Crippen LogP contribution is 2.59. The third-order valence-electron chi connectivity index (χ3n) is 15.9. The van der Waals surface area contributed by atoms with Crippen LogP contribution in [0.3, 0.4) is 0 Å². The van der Waals surface area contributed by atoms with Crippen LogP contribution in [0.15, 0.2) is 86.8 Å². The van der Waals surface area contributed by atoms with Crippen molar-refractivity contribution in [2.24, 2.45) is 11.8 Å². The van der Waals surface area contributed by atoms with Crippen molar-refractivity contribution in [3.05, 3.63) is 86.8 Å². The number of hydrogen-bond acceptors (Lipinski definition) is 28. The second kappa shape index (κ2) is 23.4. The van der Waals surface area contributed by atoms with Crippen LogP contribution in [0, 0.1) is 11.8 Å². The predicted molar refractivity (Wildman–Crippen MR) is 314 cm³/mol. The zero-order valence-electron chi connectivity index (χ0n) is 46.0. The van der Waals surface area contributed by atoms with E-state index in [1.807, 2.05) is 0 Å². The summed E-state index contributed by atoms with van der Waals surface area (Å²) < 4.78 is 166. The Hall–Kier alpha value is -6.17. The van der Waals surface area contributed by atoms with Crippen LogP contribution in [0.2, 0.25) is 0 Å². The number of nitrogen functional groups attached to an aromatic ring is 4. The molecule has 4 aliphatic heterocycles. The Bertz CT molecular complexity index is 4100. The summed E-state index contributed by atoms with van der Waals surface area (Å²) in [5.74, 6) is -2.11. The number of fused-ring (bicyclic) bond motifs is 8. The quantitative estimate of drug-likeness (QED) is 0.0715. The maximum absolute atomic E-state index is 16.3. The molecule has 20 atom stereocenters. The Labute approximate surface area is 513 Å². The number of nitrogens with two attached hydrogens (primary N) is 4. The average molecular weight is 1340 g/mol. The Morgan fingerprint density at radius 2 is 0.867 bits per heavy atom. The van der Waals surface area contributed by atoms with Gasteiger partial charge in [0, 0.05) is 24.2 Å². The smallest absolute Gasteiger partial charge is 0.325 e. The molecule has 9 N–H and O–H groups in total. The first kappa shape index (κ1) is 62.6. The first-order valence-corrected chi connectivity index (χ1v) is 34.2. The molecule has 0 amide bonds. The predicted octanol–water partition coefficient (Wildman–Crippen LogP) is 4.15. The molecule has 90 heavy (non-hydrogen) atoms. The van der Waals surface area contributed by atoms with Crippen molar-refractivity contribution in [3.8, 4) is 0 Å². The van der Waals surface area contributed by atoms with E-state index >= 15 is 17.6 Å². The molecule has 0 spiro atoms. The Balaban J connectivity index is 0.000000165. The van der Waals surface area contributed by atoms with E-state index in [-0.39, 0.29) is 56.4 Å². The van der Waals surface area contributed by atoms with Gasteiger partial charge in [0.1, 0.15) is 71.3 Å². The van der Waals surface area contributed by atoms with Crippen LogP contribution in [-0.2, 0) is 71.2 Å². The summed E-state index contributed by atoms with van der Waals surface area (Å²) in [6.45, 7) is 1.30. The van der Waals surface area contributed by atoms with Gasteiger partial charge in [-0.05, 0) is 35.1 Å². The molecule has 0 bridgehead atoms. The molecule has 4 saturated heterocycles. The Kier molecular flexibility index (Phi) is 16.3. The van der Waals surface area contributed by atoms with Gasteiger partial charge >= 0.3 is 6.72 Å². The molecule has 468 valence electrons. The SMILES string of the molecule is [B]P1(=O)OC[C@H]2C(=C)[C@@H](n3cnc4c(N)ccnc43)[C@@H](F)C2OP(O)(=S)OC[C@H]2O[C@@H](n3cnc4c(N)ncnc43)C(F)[C@H]2O1.[B]P1(=O)OC[C@H]2O[C@@H](n3cnc4c(N)ncnc43)C(F)[C@H]2OP([B])(=O)OC[C@H]2C(=C)[C@@H](n3cnc4c(N)ccnc43)[C@@H](F)C2O1. The second-order valence-electron chi connectivity index (χ2n) is 21.3.